The number of ether oxygens (including phenoxy) is 2. The summed E-state index contributed by atoms with van der Waals surface area (Å²) < 4.78 is 11.1. The Morgan fingerprint density at radius 3 is 2.43 bits per heavy atom. The number of carbonyl (C=O) groups is 2. The number of fused-ring (bicyclic) bond motifs is 1. The van der Waals surface area contributed by atoms with E-state index in [2.05, 4.69) is 10.6 Å². The topological polar surface area (TPSA) is 100 Å². The predicted octanol–water partition coefficient (Wildman–Crippen LogP) is 4.85. The number of anilines is 3. The van der Waals surface area contributed by atoms with E-state index in [0.717, 1.165) is 28.2 Å². The zero-order valence-corrected chi connectivity index (χ0v) is 20.4. The Labute approximate surface area is 204 Å². The van der Waals surface area contributed by atoms with Crippen molar-refractivity contribution in [2.24, 2.45) is 0 Å². The highest BCUT2D eigenvalue weighted by Gasteiger charge is 2.38. The summed E-state index contributed by atoms with van der Waals surface area (Å²) in [6.07, 6.45) is 0. The van der Waals surface area contributed by atoms with Gasteiger partial charge in [0, 0.05) is 24.7 Å². The molecule has 0 aromatic heterocycles. The van der Waals surface area contributed by atoms with Crippen molar-refractivity contribution in [1.82, 2.24) is 0 Å². The molecule has 8 heteroatoms. The second-order valence-electron chi connectivity index (χ2n) is 8.88. The summed E-state index contributed by atoms with van der Waals surface area (Å²) in [5.41, 5.74) is 3.90. The van der Waals surface area contributed by atoms with Gasteiger partial charge < -0.3 is 30.1 Å². The minimum Gasteiger partial charge on any atom is -0.496 e. The first-order valence-corrected chi connectivity index (χ1v) is 11.2. The zero-order valence-electron chi connectivity index (χ0n) is 20.4. The molecule has 0 saturated heterocycles. The van der Waals surface area contributed by atoms with E-state index in [9.17, 15) is 14.7 Å². The van der Waals surface area contributed by atoms with E-state index in [-0.39, 0.29) is 11.5 Å². The molecule has 0 aliphatic carbocycles. The van der Waals surface area contributed by atoms with Gasteiger partial charge in [0.15, 0.2) is 0 Å². The van der Waals surface area contributed by atoms with Crippen LogP contribution < -0.4 is 25.0 Å². The van der Waals surface area contributed by atoms with Gasteiger partial charge in [-0.25, -0.2) is 4.79 Å². The molecule has 0 unspecified atom stereocenters. The molecule has 4 rings (SSSR count). The molecule has 0 radical (unpaired) electrons. The van der Waals surface area contributed by atoms with E-state index in [4.69, 9.17) is 9.47 Å². The minimum absolute atomic E-state index is 0.0769. The molecule has 182 valence electrons. The van der Waals surface area contributed by atoms with E-state index < -0.39 is 11.5 Å². The highest BCUT2D eigenvalue weighted by molar-refractivity contribution is 6.09. The monoisotopic (exact) mass is 475 g/mol. The van der Waals surface area contributed by atoms with Crippen LogP contribution >= 0.6 is 0 Å². The Morgan fingerprint density at radius 2 is 1.74 bits per heavy atom. The van der Waals surface area contributed by atoms with Gasteiger partial charge in [-0.05, 0) is 55.8 Å². The fourth-order valence-electron chi connectivity index (χ4n) is 4.49. The molecule has 1 aliphatic heterocycles. The smallest absolute Gasteiger partial charge is 0.335 e. The van der Waals surface area contributed by atoms with Crippen molar-refractivity contribution < 1.29 is 24.2 Å². The fourth-order valence-corrected chi connectivity index (χ4v) is 4.49. The lowest BCUT2D eigenvalue weighted by Crippen LogP contribution is -2.52. The summed E-state index contributed by atoms with van der Waals surface area (Å²) >= 11 is 0. The van der Waals surface area contributed by atoms with Gasteiger partial charge in [0.05, 0.1) is 36.8 Å². The van der Waals surface area contributed by atoms with Crippen LogP contribution in [-0.2, 0) is 11.3 Å². The highest BCUT2D eigenvalue weighted by Crippen LogP contribution is 2.44. The van der Waals surface area contributed by atoms with E-state index in [1.165, 1.54) is 6.07 Å². The average molecular weight is 476 g/mol. The van der Waals surface area contributed by atoms with Crippen LogP contribution in [0.1, 0.15) is 29.8 Å². The summed E-state index contributed by atoms with van der Waals surface area (Å²) in [4.78, 5) is 26.5. The van der Waals surface area contributed by atoms with Crippen molar-refractivity contribution in [3.63, 3.8) is 0 Å². The van der Waals surface area contributed by atoms with Crippen LogP contribution in [0.3, 0.4) is 0 Å². The number of carboxylic acid groups (broad SMARTS) is 1. The Balaban J connectivity index is 1.92. The fraction of sp³-hybridized carbons (Fsp3) is 0.259. The number of nitrogens with zero attached hydrogens (tertiary/aromatic N) is 1. The molecule has 3 aromatic rings. The van der Waals surface area contributed by atoms with Crippen molar-refractivity contribution >= 4 is 28.9 Å². The number of hydrogen-bond donors (Lipinski definition) is 3. The molecule has 0 fully saturated rings. The lowest BCUT2D eigenvalue weighted by molar-refractivity contribution is -0.121. The molecule has 3 aromatic carbocycles. The Kier molecular flexibility index (Phi) is 6.30. The number of likely N-dealkylation sites (N-methyl/N-ethyl adjacent to an activating group) is 1. The third-order valence-electron chi connectivity index (χ3n) is 6.20. The SMILES string of the molecule is COc1ccccc1NCc1c(-c2cc(C(=O)O)ccc2OC)ccc2c1N(C)C(=O)C(C)(C)N2. The van der Waals surface area contributed by atoms with Gasteiger partial charge >= 0.3 is 5.97 Å². The molecule has 0 atom stereocenters. The number of hydrogen-bond acceptors (Lipinski definition) is 6. The van der Waals surface area contributed by atoms with E-state index in [1.807, 2.05) is 50.2 Å². The van der Waals surface area contributed by atoms with E-state index >= 15 is 0 Å². The van der Waals surface area contributed by atoms with Crippen LogP contribution in [0.5, 0.6) is 11.5 Å². The summed E-state index contributed by atoms with van der Waals surface area (Å²) in [5.74, 6) is 0.114. The molecule has 8 nitrogen and oxygen atoms in total. The Hall–Kier alpha value is -4.20. The third-order valence-corrected chi connectivity index (χ3v) is 6.20. The van der Waals surface area contributed by atoms with Crippen LogP contribution in [0.4, 0.5) is 17.1 Å². The normalized spacial score (nSPS) is 14.1. The lowest BCUT2D eigenvalue weighted by Gasteiger charge is -2.40. The average Bonchev–Trinajstić information content (AvgIpc) is 2.85. The second kappa shape index (κ2) is 9.21. The van der Waals surface area contributed by atoms with Crippen LogP contribution in [0, 0.1) is 0 Å². The standard InChI is InChI=1S/C27H29N3O5/c1-27(2)26(33)30(3)24-19(15-28-20-8-6-7-9-23(20)35-5)17(11-12-21(24)29-27)18-14-16(25(31)32)10-13-22(18)34-4/h6-14,28-29H,15H2,1-5H3,(H,31,32). The van der Waals surface area contributed by atoms with Crippen LogP contribution in [0.15, 0.2) is 54.6 Å². The molecule has 1 aliphatic rings. The maximum absolute atomic E-state index is 13.2. The van der Waals surface area contributed by atoms with Crippen LogP contribution in [0.25, 0.3) is 11.1 Å². The molecule has 1 amide bonds. The summed E-state index contributed by atoms with van der Waals surface area (Å²) in [5, 5.41) is 16.4. The molecule has 0 saturated carbocycles. The summed E-state index contributed by atoms with van der Waals surface area (Å²) in [6, 6.07) is 16.2. The maximum Gasteiger partial charge on any atom is 0.335 e. The van der Waals surface area contributed by atoms with Gasteiger partial charge in [-0.15, -0.1) is 0 Å². The first-order valence-electron chi connectivity index (χ1n) is 11.2. The third kappa shape index (κ3) is 4.35. The second-order valence-corrected chi connectivity index (χ2v) is 8.88. The van der Waals surface area contributed by atoms with Crippen molar-refractivity contribution in [1.29, 1.82) is 0 Å². The van der Waals surface area contributed by atoms with Gasteiger partial charge in [0.25, 0.3) is 5.91 Å². The number of rotatable bonds is 7. The highest BCUT2D eigenvalue weighted by atomic mass is 16.5. The van der Waals surface area contributed by atoms with Crippen LogP contribution in [-0.4, -0.2) is 43.8 Å². The lowest BCUT2D eigenvalue weighted by atomic mass is 9.91. The minimum atomic E-state index is -1.03. The molecule has 3 N–H and O–H groups in total. The maximum atomic E-state index is 13.2. The number of amides is 1. The molecular formula is C27H29N3O5. The Bertz CT molecular complexity index is 1300. The van der Waals surface area contributed by atoms with Crippen molar-refractivity contribution in [3.05, 3.63) is 65.7 Å². The van der Waals surface area contributed by atoms with E-state index in [1.54, 1.807) is 38.3 Å². The predicted molar refractivity (Wildman–Crippen MR) is 137 cm³/mol. The number of carbonyl (C=O) groups excluding carboxylic acids is 1. The van der Waals surface area contributed by atoms with E-state index in [0.29, 0.717) is 23.6 Å². The first-order chi connectivity index (χ1) is 16.7. The van der Waals surface area contributed by atoms with Gasteiger partial charge in [-0.3, -0.25) is 4.79 Å². The Morgan fingerprint density at radius 1 is 1.03 bits per heavy atom. The molecule has 0 bridgehead atoms. The number of benzene rings is 3. The molecule has 1 heterocycles. The molecule has 0 spiro atoms. The number of methoxy groups -OCH3 is 2. The van der Waals surface area contributed by atoms with Gasteiger partial charge in [0.1, 0.15) is 17.0 Å². The molecular weight excluding hydrogens is 446 g/mol. The van der Waals surface area contributed by atoms with Gasteiger partial charge in [0.2, 0.25) is 0 Å². The largest absolute Gasteiger partial charge is 0.496 e. The van der Waals surface area contributed by atoms with Crippen molar-refractivity contribution in [3.8, 4) is 22.6 Å². The summed E-state index contributed by atoms with van der Waals surface area (Å²) in [6.45, 7) is 4.03. The number of para-hydroxylation sites is 2. The number of aromatic carboxylic acids is 1. The summed E-state index contributed by atoms with van der Waals surface area (Å²) in [7, 11) is 4.91. The van der Waals surface area contributed by atoms with Gasteiger partial charge in [-0.2, -0.15) is 0 Å². The van der Waals surface area contributed by atoms with Crippen molar-refractivity contribution in [2.75, 3.05) is 36.8 Å². The molecule has 35 heavy (non-hydrogen) atoms. The number of carboxylic acids is 1. The quantitative estimate of drug-likeness (QED) is 0.449. The first kappa shape index (κ1) is 23.9. The van der Waals surface area contributed by atoms with Crippen LogP contribution in [0.2, 0.25) is 0 Å². The van der Waals surface area contributed by atoms with Gasteiger partial charge in [-0.1, -0.05) is 18.2 Å². The number of nitrogens with one attached hydrogen (secondary N) is 2. The zero-order chi connectivity index (χ0) is 25.3. The van der Waals surface area contributed by atoms with Crippen molar-refractivity contribution in [2.45, 2.75) is 25.9 Å².